The third kappa shape index (κ3) is 3.45. The van der Waals surface area contributed by atoms with E-state index in [4.69, 9.17) is 23.2 Å². The van der Waals surface area contributed by atoms with Crippen LogP contribution in [0, 0.1) is 0 Å². The number of fused-ring (bicyclic) bond motifs is 1. The lowest BCUT2D eigenvalue weighted by Crippen LogP contribution is -2.00. The number of rotatable bonds is 3. The average Bonchev–Trinajstić information content (AvgIpc) is 3.17. The van der Waals surface area contributed by atoms with Gasteiger partial charge in [-0.05, 0) is 60.7 Å². The van der Waals surface area contributed by atoms with Crippen LogP contribution < -0.4 is 0 Å². The number of hydrogen-bond acceptors (Lipinski definition) is 7. The molecule has 0 aliphatic rings. The number of halogens is 2. The van der Waals surface area contributed by atoms with Crippen molar-refractivity contribution < 1.29 is 15.3 Å². The first-order valence-corrected chi connectivity index (χ1v) is 10.1. The summed E-state index contributed by atoms with van der Waals surface area (Å²) in [6.45, 7) is 0. The van der Waals surface area contributed by atoms with Gasteiger partial charge in [0.2, 0.25) is 5.65 Å². The summed E-state index contributed by atoms with van der Waals surface area (Å²) in [5.41, 5.74) is 2.75. The molecule has 0 fully saturated rings. The molecule has 2 heterocycles. The van der Waals surface area contributed by atoms with Gasteiger partial charge in [-0.15, -0.1) is 10.2 Å². The van der Waals surface area contributed by atoms with Crippen LogP contribution in [0.1, 0.15) is 0 Å². The molecule has 0 unspecified atom stereocenters. The first kappa shape index (κ1) is 20.0. The molecule has 0 spiro atoms. The van der Waals surface area contributed by atoms with Crippen LogP contribution >= 0.6 is 23.2 Å². The molecule has 2 aromatic heterocycles. The summed E-state index contributed by atoms with van der Waals surface area (Å²) in [6.07, 6.45) is 0. The molecule has 0 amide bonds. The molecule has 0 aliphatic heterocycles. The summed E-state index contributed by atoms with van der Waals surface area (Å²) in [7, 11) is 0. The van der Waals surface area contributed by atoms with Gasteiger partial charge in [0.05, 0.1) is 5.69 Å². The second kappa shape index (κ2) is 7.67. The minimum atomic E-state index is -0.621. The van der Waals surface area contributed by atoms with Crippen molar-refractivity contribution in [3.63, 3.8) is 0 Å². The molecule has 0 radical (unpaired) electrons. The van der Waals surface area contributed by atoms with E-state index < -0.39 is 17.2 Å². The summed E-state index contributed by atoms with van der Waals surface area (Å²) in [5, 5.41) is 44.1. The number of phenolic OH excluding ortho intramolecular Hbond substituents is 3. The van der Waals surface area contributed by atoms with Gasteiger partial charge in [0.1, 0.15) is 11.2 Å². The molecule has 0 atom stereocenters. The quantitative estimate of drug-likeness (QED) is 0.322. The fourth-order valence-corrected chi connectivity index (χ4v) is 3.49. The van der Waals surface area contributed by atoms with Crippen LogP contribution in [0.15, 0.2) is 60.7 Å². The topological polar surface area (TPSA) is 117 Å². The van der Waals surface area contributed by atoms with Crippen molar-refractivity contribution in [3.05, 3.63) is 70.7 Å². The molecule has 3 aromatic carbocycles. The molecule has 5 aromatic rings. The molecule has 158 valence electrons. The van der Waals surface area contributed by atoms with E-state index in [1.807, 2.05) is 0 Å². The predicted molar refractivity (Wildman–Crippen MR) is 120 cm³/mol. The van der Waals surface area contributed by atoms with E-state index in [9.17, 15) is 15.3 Å². The summed E-state index contributed by atoms with van der Waals surface area (Å²) >= 11 is 12.0. The minimum Gasteiger partial charge on any atom is -0.504 e. The van der Waals surface area contributed by atoms with Crippen LogP contribution in [0.3, 0.4) is 0 Å². The summed E-state index contributed by atoms with van der Waals surface area (Å²) in [4.78, 5) is 4.65. The molecule has 32 heavy (non-hydrogen) atoms. The Hall–Kier alpha value is -3.88. The Morgan fingerprint density at radius 3 is 1.94 bits per heavy atom. The normalized spacial score (nSPS) is 11.2. The maximum atomic E-state index is 10.0. The van der Waals surface area contributed by atoms with E-state index in [1.165, 1.54) is 16.8 Å². The fourth-order valence-electron chi connectivity index (χ4n) is 3.24. The second-order valence-electron chi connectivity index (χ2n) is 6.91. The summed E-state index contributed by atoms with van der Waals surface area (Å²) in [6, 6.07) is 16.5. The number of benzene rings is 3. The Morgan fingerprint density at radius 2 is 1.31 bits per heavy atom. The van der Waals surface area contributed by atoms with E-state index in [-0.39, 0.29) is 0 Å². The zero-order chi connectivity index (χ0) is 22.4. The fraction of sp³-hybridized carbons (Fsp3) is 0. The van der Waals surface area contributed by atoms with Crippen molar-refractivity contribution >= 4 is 34.4 Å². The lowest BCUT2D eigenvalue weighted by Gasteiger charge is -2.04. The van der Waals surface area contributed by atoms with Crippen LogP contribution in [0.2, 0.25) is 10.0 Å². The average molecular weight is 466 g/mol. The zero-order valence-electron chi connectivity index (χ0n) is 16.1. The molecule has 0 bridgehead atoms. The Kier molecular flexibility index (Phi) is 4.80. The zero-order valence-corrected chi connectivity index (χ0v) is 17.6. The van der Waals surface area contributed by atoms with Gasteiger partial charge in [0.15, 0.2) is 23.1 Å². The highest BCUT2D eigenvalue weighted by Gasteiger charge is 2.21. The van der Waals surface area contributed by atoms with E-state index in [1.54, 1.807) is 48.5 Å². The van der Waals surface area contributed by atoms with Gasteiger partial charge in [0.25, 0.3) is 0 Å². The van der Waals surface area contributed by atoms with Gasteiger partial charge in [-0.1, -0.05) is 23.2 Å². The highest BCUT2D eigenvalue weighted by atomic mass is 35.5. The SMILES string of the molecule is Oc1cc(-c2nn(-c3ccc(Cl)cc3)c3nnc(-c4ccc(Cl)cc4)nc23)cc(O)c1O. The number of aromatic nitrogens is 5. The minimum absolute atomic E-state index is 0.325. The Balaban J connectivity index is 1.77. The third-order valence-corrected chi connectivity index (χ3v) is 5.31. The number of phenols is 3. The van der Waals surface area contributed by atoms with Crippen LogP contribution in [-0.4, -0.2) is 40.3 Å². The van der Waals surface area contributed by atoms with Crippen molar-refractivity contribution in [2.24, 2.45) is 0 Å². The van der Waals surface area contributed by atoms with Crippen molar-refractivity contribution in [1.82, 2.24) is 25.0 Å². The van der Waals surface area contributed by atoms with Crippen molar-refractivity contribution in [1.29, 1.82) is 0 Å². The number of hydrogen-bond donors (Lipinski definition) is 3. The lowest BCUT2D eigenvalue weighted by atomic mass is 10.1. The maximum absolute atomic E-state index is 10.0. The van der Waals surface area contributed by atoms with Crippen molar-refractivity contribution in [2.75, 3.05) is 0 Å². The Bertz CT molecular complexity index is 1450. The standard InChI is InChI=1S/C22H13Cl2N5O3/c23-13-3-1-11(2-4-13)21-25-19-18(12-9-16(30)20(32)17(31)10-12)28-29(22(19)27-26-21)15-7-5-14(24)6-8-15/h1-10,30-32H. The smallest absolute Gasteiger partial charge is 0.204 e. The van der Waals surface area contributed by atoms with Gasteiger partial charge in [-0.3, -0.25) is 0 Å². The highest BCUT2D eigenvalue weighted by Crippen LogP contribution is 2.40. The highest BCUT2D eigenvalue weighted by molar-refractivity contribution is 6.30. The molecule has 5 rings (SSSR count). The molecule has 0 saturated carbocycles. The monoisotopic (exact) mass is 465 g/mol. The lowest BCUT2D eigenvalue weighted by molar-refractivity contribution is 0.368. The first-order chi connectivity index (χ1) is 15.4. The van der Waals surface area contributed by atoms with E-state index >= 15 is 0 Å². The van der Waals surface area contributed by atoms with Gasteiger partial charge in [-0.25, -0.2) is 9.67 Å². The van der Waals surface area contributed by atoms with Crippen LogP contribution in [0.25, 0.3) is 39.5 Å². The molecule has 10 heteroatoms. The Labute approximate surface area is 191 Å². The summed E-state index contributed by atoms with van der Waals surface area (Å²) in [5.74, 6) is -1.26. The molecule has 8 nitrogen and oxygen atoms in total. The van der Waals surface area contributed by atoms with Gasteiger partial charge in [-0.2, -0.15) is 5.10 Å². The third-order valence-electron chi connectivity index (χ3n) is 4.81. The Morgan fingerprint density at radius 1 is 0.719 bits per heavy atom. The van der Waals surface area contributed by atoms with Gasteiger partial charge >= 0.3 is 0 Å². The molecule has 0 aliphatic carbocycles. The van der Waals surface area contributed by atoms with Crippen molar-refractivity contribution in [2.45, 2.75) is 0 Å². The molecule has 3 N–H and O–H groups in total. The second-order valence-corrected chi connectivity index (χ2v) is 7.79. The van der Waals surface area contributed by atoms with Crippen molar-refractivity contribution in [3.8, 4) is 45.6 Å². The maximum Gasteiger partial charge on any atom is 0.204 e. The summed E-state index contributed by atoms with van der Waals surface area (Å²) < 4.78 is 1.54. The van der Waals surface area contributed by atoms with Gasteiger partial charge < -0.3 is 15.3 Å². The molecule has 0 saturated heterocycles. The van der Waals surface area contributed by atoms with E-state index in [2.05, 4.69) is 20.3 Å². The van der Waals surface area contributed by atoms with Crippen LogP contribution in [0.5, 0.6) is 17.2 Å². The van der Waals surface area contributed by atoms with Crippen LogP contribution in [0.4, 0.5) is 0 Å². The van der Waals surface area contributed by atoms with E-state index in [0.717, 1.165) is 0 Å². The molecular weight excluding hydrogens is 453 g/mol. The number of aromatic hydroxyl groups is 3. The largest absolute Gasteiger partial charge is 0.504 e. The van der Waals surface area contributed by atoms with Crippen LogP contribution in [-0.2, 0) is 0 Å². The predicted octanol–water partition coefficient (Wildman–Crippen LogP) is 4.97. The number of nitrogens with zero attached hydrogens (tertiary/aromatic N) is 5. The van der Waals surface area contributed by atoms with E-state index in [0.29, 0.717) is 49.5 Å². The first-order valence-electron chi connectivity index (χ1n) is 9.31. The molecular formula is C22H13Cl2N5O3. The van der Waals surface area contributed by atoms with Gasteiger partial charge in [0, 0.05) is 21.2 Å².